The normalized spacial score (nSPS) is 50.3. The molecule has 0 radical (unpaired) electrons. The van der Waals surface area contributed by atoms with Gasteiger partial charge in [-0.15, -0.1) is 0 Å². The Balaban J connectivity index is 1.36. The molecule has 5 rings (SSSR count). The fourth-order valence-corrected chi connectivity index (χ4v) is 12.9. The van der Waals surface area contributed by atoms with Gasteiger partial charge in [0.15, 0.2) is 0 Å². The van der Waals surface area contributed by atoms with Gasteiger partial charge in [0.05, 0.1) is 6.61 Å². The summed E-state index contributed by atoms with van der Waals surface area (Å²) in [7, 11) is 0. The number of ether oxygens (including phenoxy) is 1. The van der Waals surface area contributed by atoms with Gasteiger partial charge in [0, 0.05) is 6.92 Å². The molecule has 5 aliphatic carbocycles. The highest BCUT2D eigenvalue weighted by molar-refractivity contribution is 5.65. The van der Waals surface area contributed by atoms with Gasteiger partial charge in [0.1, 0.15) is 0 Å². The Morgan fingerprint density at radius 1 is 0.778 bits per heavy atom. The molecule has 1 unspecified atom stereocenters. The lowest BCUT2D eigenvalue weighted by molar-refractivity contribution is -0.241. The summed E-state index contributed by atoms with van der Waals surface area (Å²) >= 11 is 0. The van der Waals surface area contributed by atoms with E-state index in [1.807, 2.05) is 0 Å². The van der Waals surface area contributed by atoms with Crippen LogP contribution in [0.25, 0.3) is 0 Å². The van der Waals surface area contributed by atoms with Gasteiger partial charge in [-0.1, -0.05) is 54.9 Å². The minimum atomic E-state index is -0.133. The summed E-state index contributed by atoms with van der Waals surface area (Å²) in [5.41, 5.74) is 2.62. The molecule has 2 nitrogen and oxygen atoms in total. The Morgan fingerprint density at radius 2 is 1.42 bits per heavy atom. The van der Waals surface area contributed by atoms with Crippen LogP contribution in [0.5, 0.6) is 0 Å². The minimum Gasteiger partial charge on any atom is -0.466 e. The van der Waals surface area contributed by atoms with Crippen LogP contribution < -0.4 is 0 Å². The topological polar surface area (TPSA) is 26.3 Å². The van der Waals surface area contributed by atoms with E-state index in [0.29, 0.717) is 33.7 Å². The van der Waals surface area contributed by atoms with E-state index in [4.69, 9.17) is 4.74 Å². The Morgan fingerprint density at radius 3 is 2.08 bits per heavy atom. The summed E-state index contributed by atoms with van der Waals surface area (Å²) in [5.74, 6) is 5.14. The Kier molecular flexibility index (Phi) is 6.77. The van der Waals surface area contributed by atoms with Crippen molar-refractivity contribution in [3.05, 3.63) is 0 Å². The predicted octanol–water partition coefficient (Wildman–Crippen LogP) is 9.46. The van der Waals surface area contributed by atoms with E-state index in [2.05, 4.69) is 48.5 Å². The van der Waals surface area contributed by atoms with Gasteiger partial charge >= 0.3 is 5.97 Å². The van der Waals surface area contributed by atoms with E-state index < -0.39 is 0 Å². The SMILES string of the molecule is CC(=O)OCCCC(C)[C@H]1CC[C@]2(C)[C@H]3CC[C@@H]4[C@@]5(C)CCCC(C)(C)[C@@H]5CC[C@@]4(C)[C@]3(C)CC[C@@H]12. The number of fused-ring (bicyclic) bond motifs is 7. The van der Waals surface area contributed by atoms with Crippen molar-refractivity contribution in [2.24, 2.45) is 62.6 Å². The summed E-state index contributed by atoms with van der Waals surface area (Å²) in [4.78, 5) is 11.2. The second-order valence-electron chi connectivity index (χ2n) is 16.3. The molecule has 10 atom stereocenters. The Hall–Kier alpha value is -0.530. The first-order chi connectivity index (χ1) is 16.8. The minimum absolute atomic E-state index is 0.133. The van der Waals surface area contributed by atoms with Gasteiger partial charge in [-0.3, -0.25) is 4.79 Å². The molecule has 206 valence electrons. The Bertz CT molecular complexity index is 846. The lowest BCUT2D eigenvalue weighted by Crippen LogP contribution is -2.65. The highest BCUT2D eigenvalue weighted by atomic mass is 16.5. The summed E-state index contributed by atoms with van der Waals surface area (Å²) < 4.78 is 5.25. The second-order valence-corrected chi connectivity index (χ2v) is 16.3. The Labute approximate surface area is 223 Å². The summed E-state index contributed by atoms with van der Waals surface area (Å²) in [6.07, 6.45) is 18.3. The van der Waals surface area contributed by atoms with Gasteiger partial charge in [-0.25, -0.2) is 0 Å². The number of esters is 1. The zero-order valence-corrected chi connectivity index (χ0v) is 25.2. The van der Waals surface area contributed by atoms with E-state index in [-0.39, 0.29) is 5.97 Å². The van der Waals surface area contributed by atoms with E-state index in [9.17, 15) is 4.79 Å². The lowest BCUT2D eigenvalue weighted by atomic mass is 9.32. The smallest absolute Gasteiger partial charge is 0.302 e. The maximum atomic E-state index is 11.2. The van der Waals surface area contributed by atoms with Gasteiger partial charge < -0.3 is 4.74 Å². The number of rotatable bonds is 5. The maximum absolute atomic E-state index is 11.2. The van der Waals surface area contributed by atoms with Crippen LogP contribution in [0.4, 0.5) is 0 Å². The van der Waals surface area contributed by atoms with Gasteiger partial charge in [0.2, 0.25) is 0 Å². The molecular weight excluding hydrogens is 440 g/mol. The van der Waals surface area contributed by atoms with Crippen molar-refractivity contribution >= 4 is 5.97 Å². The summed E-state index contributed by atoms with van der Waals surface area (Å²) in [6, 6.07) is 0. The van der Waals surface area contributed by atoms with Crippen molar-refractivity contribution in [2.45, 2.75) is 139 Å². The number of hydrogen-bond donors (Lipinski definition) is 0. The third kappa shape index (κ3) is 3.79. The molecule has 5 aliphatic rings. The molecule has 0 bridgehead atoms. The molecule has 36 heavy (non-hydrogen) atoms. The molecule has 0 aliphatic heterocycles. The van der Waals surface area contributed by atoms with Crippen LogP contribution in [0.1, 0.15) is 139 Å². The molecule has 0 aromatic carbocycles. The largest absolute Gasteiger partial charge is 0.466 e. The third-order valence-electron chi connectivity index (χ3n) is 14.6. The monoisotopic (exact) mass is 498 g/mol. The first-order valence-electron chi connectivity index (χ1n) is 15.9. The van der Waals surface area contributed by atoms with E-state index in [1.54, 1.807) is 0 Å². The fraction of sp³-hybridized carbons (Fsp3) is 0.971. The van der Waals surface area contributed by atoms with Crippen LogP contribution in [0, 0.1) is 62.6 Å². The average molecular weight is 499 g/mol. The molecule has 0 spiro atoms. The first kappa shape index (κ1) is 27.1. The van der Waals surface area contributed by atoms with Crippen LogP contribution in [0.15, 0.2) is 0 Å². The van der Waals surface area contributed by atoms with E-state index >= 15 is 0 Å². The van der Waals surface area contributed by atoms with Crippen LogP contribution in [-0.2, 0) is 9.53 Å². The quantitative estimate of drug-likeness (QED) is 0.279. The van der Waals surface area contributed by atoms with Crippen molar-refractivity contribution in [2.75, 3.05) is 6.61 Å². The zero-order chi connectivity index (χ0) is 26.1. The number of carbonyl (C=O) groups is 1. The second kappa shape index (κ2) is 9.01. The first-order valence-corrected chi connectivity index (χ1v) is 15.9. The van der Waals surface area contributed by atoms with Crippen LogP contribution >= 0.6 is 0 Å². The average Bonchev–Trinajstić information content (AvgIpc) is 3.13. The molecule has 0 aromatic heterocycles. The molecule has 0 aromatic rings. The molecule has 0 N–H and O–H groups in total. The van der Waals surface area contributed by atoms with Gasteiger partial charge in [0.25, 0.3) is 0 Å². The number of hydrogen-bond acceptors (Lipinski definition) is 2. The standard InChI is InChI=1S/C34H58O2/c1-23(11-9-22-36-24(2)35)25-14-19-31(5)26(25)15-20-33(7)28(31)12-13-29-32(6)18-10-17-30(3,4)27(32)16-21-34(29,33)8/h23,25-29H,9-22H2,1-8H3/t23?,25-,26+,27+,28-,29-,31+,32+,33-,34-/m1/s1. The van der Waals surface area contributed by atoms with Crippen molar-refractivity contribution in [3.8, 4) is 0 Å². The fourth-order valence-electron chi connectivity index (χ4n) is 12.9. The van der Waals surface area contributed by atoms with Gasteiger partial charge in [-0.2, -0.15) is 0 Å². The van der Waals surface area contributed by atoms with Crippen LogP contribution in [0.2, 0.25) is 0 Å². The molecular formula is C34H58O2. The van der Waals surface area contributed by atoms with Crippen molar-refractivity contribution in [3.63, 3.8) is 0 Å². The van der Waals surface area contributed by atoms with Crippen molar-refractivity contribution in [1.82, 2.24) is 0 Å². The zero-order valence-electron chi connectivity index (χ0n) is 25.2. The van der Waals surface area contributed by atoms with E-state index in [0.717, 1.165) is 41.9 Å². The third-order valence-corrected chi connectivity index (χ3v) is 14.6. The van der Waals surface area contributed by atoms with Crippen LogP contribution in [0.3, 0.4) is 0 Å². The molecule has 2 heteroatoms. The maximum Gasteiger partial charge on any atom is 0.302 e. The highest BCUT2D eigenvalue weighted by Crippen LogP contribution is 2.78. The molecule has 5 fully saturated rings. The molecule has 0 amide bonds. The molecule has 5 saturated carbocycles. The number of carbonyl (C=O) groups excluding carboxylic acids is 1. The summed E-state index contributed by atoms with van der Waals surface area (Å²) in [5, 5.41) is 0. The van der Waals surface area contributed by atoms with Gasteiger partial charge in [-0.05, 0) is 140 Å². The highest BCUT2D eigenvalue weighted by Gasteiger charge is 2.70. The van der Waals surface area contributed by atoms with Crippen molar-refractivity contribution in [1.29, 1.82) is 0 Å². The molecule has 0 heterocycles. The lowest BCUT2D eigenvalue weighted by Gasteiger charge is -2.73. The van der Waals surface area contributed by atoms with Crippen LogP contribution in [-0.4, -0.2) is 12.6 Å². The van der Waals surface area contributed by atoms with E-state index in [1.165, 1.54) is 84.0 Å². The predicted molar refractivity (Wildman–Crippen MR) is 149 cm³/mol. The summed E-state index contributed by atoms with van der Waals surface area (Å²) in [6.45, 7) is 20.9. The molecule has 0 saturated heterocycles. The van der Waals surface area contributed by atoms with Crippen molar-refractivity contribution < 1.29 is 9.53 Å².